The molecule has 1 aromatic carbocycles. The number of halogens is 1. The van der Waals surface area contributed by atoms with Gasteiger partial charge in [-0.3, -0.25) is 10.1 Å². The Morgan fingerprint density at radius 1 is 1.23 bits per heavy atom. The van der Waals surface area contributed by atoms with Gasteiger partial charge in [0, 0.05) is 24.7 Å². The summed E-state index contributed by atoms with van der Waals surface area (Å²) in [6, 6.07) is 2.04. The highest BCUT2D eigenvalue weighted by molar-refractivity contribution is 7.89. The van der Waals surface area contributed by atoms with Crippen LogP contribution in [-0.4, -0.2) is 45.6 Å². The molecule has 148 valence electrons. The number of benzene rings is 1. The fraction of sp³-hybridized carbons (Fsp3) is 0.533. The number of nitro groups is 1. The molecule has 0 fully saturated rings. The Kier molecular flexibility index (Phi) is 10.3. The quantitative estimate of drug-likeness (QED) is 0.261. The molecule has 9 nitrogen and oxygen atoms in total. The number of nitrogens with one attached hydrogen (secondary N) is 2. The number of ether oxygens (including phenoxy) is 1. The number of esters is 1. The minimum Gasteiger partial charge on any atom is -0.462 e. The van der Waals surface area contributed by atoms with Gasteiger partial charge in [-0.1, -0.05) is 6.92 Å². The maximum atomic E-state index is 12.4. The van der Waals surface area contributed by atoms with Crippen molar-refractivity contribution in [3.8, 4) is 0 Å². The Morgan fingerprint density at radius 2 is 1.88 bits per heavy atom. The van der Waals surface area contributed by atoms with Crippen LogP contribution in [0.3, 0.4) is 0 Å². The van der Waals surface area contributed by atoms with Gasteiger partial charge >= 0.3 is 5.97 Å². The van der Waals surface area contributed by atoms with Crippen LogP contribution in [0.25, 0.3) is 0 Å². The van der Waals surface area contributed by atoms with Crippen molar-refractivity contribution < 1.29 is 22.9 Å². The Morgan fingerprint density at radius 3 is 2.42 bits per heavy atom. The molecule has 0 aliphatic rings. The fourth-order valence-electron chi connectivity index (χ4n) is 2.10. The van der Waals surface area contributed by atoms with E-state index in [4.69, 9.17) is 4.74 Å². The third-order valence-corrected chi connectivity index (χ3v) is 4.82. The van der Waals surface area contributed by atoms with Crippen LogP contribution in [-0.2, 0) is 14.8 Å². The number of carbonyl (C=O) groups excluding carboxylic acids is 1. The van der Waals surface area contributed by atoms with E-state index in [2.05, 4.69) is 10.0 Å². The van der Waals surface area contributed by atoms with Crippen molar-refractivity contribution in [3.63, 3.8) is 0 Å². The lowest BCUT2D eigenvalue weighted by molar-refractivity contribution is -0.385. The molecule has 0 bridgehead atoms. The van der Waals surface area contributed by atoms with E-state index in [1.165, 1.54) is 6.92 Å². The first-order chi connectivity index (χ1) is 11.7. The van der Waals surface area contributed by atoms with E-state index in [1.807, 2.05) is 6.92 Å². The Labute approximate surface area is 159 Å². The van der Waals surface area contributed by atoms with E-state index < -0.39 is 26.6 Å². The van der Waals surface area contributed by atoms with Gasteiger partial charge in [-0.15, -0.1) is 12.4 Å². The van der Waals surface area contributed by atoms with E-state index >= 15 is 0 Å². The second-order valence-corrected chi connectivity index (χ2v) is 7.01. The molecule has 2 N–H and O–H groups in total. The molecule has 0 aliphatic heterocycles. The smallest absolute Gasteiger partial charge is 0.338 e. The summed E-state index contributed by atoms with van der Waals surface area (Å²) in [6.45, 7) is 6.33. The predicted molar refractivity (Wildman–Crippen MR) is 99.4 cm³/mol. The Hall–Kier alpha value is -1.75. The molecule has 0 aliphatic carbocycles. The molecule has 0 saturated heterocycles. The zero-order valence-electron chi connectivity index (χ0n) is 14.9. The van der Waals surface area contributed by atoms with Crippen LogP contribution in [0.1, 0.15) is 36.2 Å². The van der Waals surface area contributed by atoms with Crippen molar-refractivity contribution in [1.29, 1.82) is 0 Å². The molecule has 0 spiro atoms. The fourth-order valence-corrected chi connectivity index (χ4v) is 3.17. The standard InChI is InChI=1S/C15H23N3O6S.ClH/c1-4-6-16-7-8-17-25(22,23)12-9-13(15(19)24-5-2)11(3)14(10-12)18(20)21;/h9-10,16-17H,4-8H2,1-3H3;1H. The highest BCUT2D eigenvalue weighted by atomic mass is 35.5. The number of rotatable bonds is 10. The molecule has 0 saturated carbocycles. The van der Waals surface area contributed by atoms with Crippen molar-refractivity contribution >= 4 is 34.1 Å². The van der Waals surface area contributed by atoms with Crippen LogP contribution in [0.4, 0.5) is 5.69 Å². The van der Waals surface area contributed by atoms with Gasteiger partial charge in [0.2, 0.25) is 10.0 Å². The van der Waals surface area contributed by atoms with Crippen molar-refractivity contribution in [2.45, 2.75) is 32.1 Å². The number of hydrogen-bond donors (Lipinski definition) is 2. The Bertz CT molecular complexity index is 739. The van der Waals surface area contributed by atoms with Gasteiger partial charge in [0.25, 0.3) is 5.69 Å². The molecule has 0 atom stereocenters. The first-order valence-electron chi connectivity index (χ1n) is 7.91. The lowest BCUT2D eigenvalue weighted by Crippen LogP contribution is -2.32. The van der Waals surface area contributed by atoms with Crippen molar-refractivity contribution in [2.75, 3.05) is 26.2 Å². The highest BCUT2D eigenvalue weighted by Crippen LogP contribution is 2.27. The summed E-state index contributed by atoms with van der Waals surface area (Å²) < 4.78 is 31.9. The molecule has 0 aromatic heterocycles. The second kappa shape index (κ2) is 11.1. The summed E-state index contributed by atoms with van der Waals surface area (Å²) in [7, 11) is -3.99. The summed E-state index contributed by atoms with van der Waals surface area (Å²) in [4.78, 5) is 22.1. The molecular weight excluding hydrogens is 386 g/mol. The SMILES string of the molecule is CCCNCCNS(=O)(=O)c1cc(C(=O)OCC)c(C)c([N+](=O)[O-])c1.Cl. The van der Waals surface area contributed by atoms with Gasteiger partial charge < -0.3 is 10.1 Å². The molecule has 1 aromatic rings. The molecule has 0 radical (unpaired) electrons. The van der Waals surface area contributed by atoms with Gasteiger partial charge in [0.1, 0.15) is 0 Å². The highest BCUT2D eigenvalue weighted by Gasteiger charge is 2.26. The summed E-state index contributed by atoms with van der Waals surface area (Å²) >= 11 is 0. The van der Waals surface area contributed by atoms with E-state index in [1.54, 1.807) is 6.92 Å². The average Bonchev–Trinajstić information content (AvgIpc) is 2.54. The zero-order valence-corrected chi connectivity index (χ0v) is 16.5. The second-order valence-electron chi connectivity index (χ2n) is 5.24. The van der Waals surface area contributed by atoms with Crippen LogP contribution in [0.5, 0.6) is 0 Å². The van der Waals surface area contributed by atoms with Crippen LogP contribution in [0.2, 0.25) is 0 Å². The first kappa shape index (κ1) is 24.2. The number of hydrogen-bond acceptors (Lipinski definition) is 7. The zero-order chi connectivity index (χ0) is 19.0. The van der Waals surface area contributed by atoms with Crippen LogP contribution >= 0.6 is 12.4 Å². The maximum Gasteiger partial charge on any atom is 0.338 e. The molecule has 0 heterocycles. The van der Waals surface area contributed by atoms with Crippen LogP contribution in [0, 0.1) is 17.0 Å². The maximum absolute atomic E-state index is 12.4. The molecule has 0 unspecified atom stereocenters. The third-order valence-electron chi connectivity index (χ3n) is 3.38. The van der Waals surface area contributed by atoms with Crippen LogP contribution in [0.15, 0.2) is 17.0 Å². The van der Waals surface area contributed by atoms with Gasteiger partial charge in [-0.2, -0.15) is 0 Å². The van der Waals surface area contributed by atoms with Crippen molar-refractivity contribution in [1.82, 2.24) is 10.0 Å². The topological polar surface area (TPSA) is 128 Å². The van der Waals surface area contributed by atoms with Gasteiger partial charge in [-0.05, 0) is 32.9 Å². The summed E-state index contributed by atoms with van der Waals surface area (Å²) in [5.74, 6) is -0.801. The molecular formula is C15H24ClN3O6S. The summed E-state index contributed by atoms with van der Waals surface area (Å²) in [5.41, 5.74) is -0.525. The normalized spacial score (nSPS) is 10.9. The summed E-state index contributed by atoms with van der Waals surface area (Å²) in [5, 5.41) is 14.2. The summed E-state index contributed by atoms with van der Waals surface area (Å²) in [6.07, 6.45) is 0.916. The lowest BCUT2D eigenvalue weighted by Gasteiger charge is -2.11. The minimum absolute atomic E-state index is 0. The minimum atomic E-state index is -3.99. The average molecular weight is 410 g/mol. The Balaban J connectivity index is 0.00000625. The van der Waals surface area contributed by atoms with Crippen molar-refractivity contribution in [3.05, 3.63) is 33.4 Å². The van der Waals surface area contributed by atoms with E-state index in [0.29, 0.717) is 6.54 Å². The van der Waals surface area contributed by atoms with Gasteiger partial charge in [0.15, 0.2) is 0 Å². The van der Waals surface area contributed by atoms with Crippen LogP contribution < -0.4 is 10.0 Å². The van der Waals surface area contributed by atoms with Gasteiger partial charge in [-0.25, -0.2) is 17.9 Å². The number of nitro benzene ring substituents is 1. The van der Waals surface area contributed by atoms with E-state index in [0.717, 1.165) is 25.1 Å². The monoisotopic (exact) mass is 409 g/mol. The first-order valence-corrected chi connectivity index (χ1v) is 9.39. The van der Waals surface area contributed by atoms with E-state index in [-0.39, 0.29) is 41.6 Å². The molecule has 0 amide bonds. The predicted octanol–water partition coefficient (Wildman–Crippen LogP) is 1.78. The van der Waals surface area contributed by atoms with Gasteiger partial charge in [0.05, 0.1) is 22.0 Å². The number of carbonyl (C=O) groups is 1. The lowest BCUT2D eigenvalue weighted by atomic mass is 10.1. The molecule has 26 heavy (non-hydrogen) atoms. The number of sulfonamides is 1. The number of nitrogens with zero attached hydrogens (tertiary/aromatic N) is 1. The largest absolute Gasteiger partial charge is 0.462 e. The molecule has 1 rings (SSSR count). The third kappa shape index (κ3) is 6.52. The van der Waals surface area contributed by atoms with E-state index in [9.17, 15) is 23.3 Å². The van der Waals surface area contributed by atoms with Crippen molar-refractivity contribution in [2.24, 2.45) is 0 Å². The molecule has 11 heteroatoms.